The van der Waals surface area contributed by atoms with Crippen molar-refractivity contribution in [3.05, 3.63) is 59.4 Å². The number of aliphatic hydroxyl groups is 1. The predicted molar refractivity (Wildman–Crippen MR) is 76.6 cm³/mol. The van der Waals surface area contributed by atoms with Gasteiger partial charge in [0.2, 0.25) is 0 Å². The topological polar surface area (TPSA) is 56.3 Å². The number of nitrogens with zero attached hydrogens (tertiary/aromatic N) is 1. The third-order valence-corrected chi connectivity index (χ3v) is 4.01. The van der Waals surface area contributed by atoms with Crippen LogP contribution in [0.15, 0.2) is 42.7 Å². The number of H-pyrrole nitrogens is 1. The van der Waals surface area contributed by atoms with Crippen LogP contribution in [0, 0.1) is 0 Å². The molecule has 4 nitrogen and oxygen atoms in total. The van der Waals surface area contributed by atoms with Gasteiger partial charge in [-0.2, -0.15) is 13.2 Å². The molecule has 1 fully saturated rings. The summed E-state index contributed by atoms with van der Waals surface area (Å²) in [7, 11) is 0. The van der Waals surface area contributed by atoms with Gasteiger partial charge in [0, 0.05) is 18.9 Å². The first kappa shape index (κ1) is 15.6. The summed E-state index contributed by atoms with van der Waals surface area (Å²) in [5.74, 6) is -0.257. The largest absolute Gasteiger partial charge is 0.416 e. The Morgan fingerprint density at radius 3 is 2.48 bits per heavy atom. The predicted octanol–water partition coefficient (Wildman–Crippen LogP) is 2.98. The number of aromatic amines is 1. The number of carbonyl (C=O) groups excluding carboxylic acids is 1. The highest BCUT2D eigenvalue weighted by atomic mass is 19.4. The zero-order valence-electron chi connectivity index (χ0n) is 12.0. The zero-order valence-corrected chi connectivity index (χ0v) is 12.0. The molecule has 1 saturated heterocycles. The molecule has 1 amide bonds. The van der Waals surface area contributed by atoms with E-state index in [2.05, 4.69) is 4.98 Å². The molecule has 2 N–H and O–H groups in total. The van der Waals surface area contributed by atoms with Gasteiger partial charge in [0.25, 0.3) is 5.91 Å². The fourth-order valence-electron chi connectivity index (χ4n) is 2.87. The van der Waals surface area contributed by atoms with Gasteiger partial charge in [-0.15, -0.1) is 0 Å². The number of aromatic nitrogens is 1. The Kier molecular flexibility index (Phi) is 3.89. The molecule has 0 bridgehead atoms. The van der Waals surface area contributed by atoms with Crippen LogP contribution in [0.4, 0.5) is 13.2 Å². The minimum Gasteiger partial charge on any atom is -0.391 e. The number of hydrogen-bond donors (Lipinski definition) is 2. The maximum atomic E-state index is 12.6. The van der Waals surface area contributed by atoms with Crippen LogP contribution in [-0.4, -0.2) is 33.5 Å². The lowest BCUT2D eigenvalue weighted by atomic mass is 10.0. The van der Waals surface area contributed by atoms with Gasteiger partial charge in [0.1, 0.15) is 0 Å². The molecular weight excluding hydrogens is 309 g/mol. The van der Waals surface area contributed by atoms with Crippen molar-refractivity contribution in [3.8, 4) is 0 Å². The van der Waals surface area contributed by atoms with Crippen molar-refractivity contribution in [3.63, 3.8) is 0 Å². The number of benzene rings is 1. The van der Waals surface area contributed by atoms with Crippen LogP contribution in [0.2, 0.25) is 0 Å². The Labute approximate surface area is 130 Å². The summed E-state index contributed by atoms with van der Waals surface area (Å²) in [4.78, 5) is 16.8. The number of halogens is 3. The molecule has 3 rings (SSSR count). The maximum absolute atomic E-state index is 12.6. The third-order valence-electron chi connectivity index (χ3n) is 4.01. The summed E-state index contributed by atoms with van der Waals surface area (Å²) in [6.45, 7) is 0.162. The van der Waals surface area contributed by atoms with Crippen LogP contribution in [0.1, 0.15) is 33.9 Å². The molecule has 7 heteroatoms. The standard InChI is InChI=1S/C16H15F3N2O2/c17-16(18,19)12-3-1-10(2-4-12)14-7-13(22)9-21(14)15(23)11-5-6-20-8-11/h1-6,8,13-14,20,22H,7,9H2/t13-,14+/m1/s1. The number of nitrogens with one attached hydrogen (secondary N) is 1. The number of β-amino-alcohol motifs (C(OH)–C–C–N with tert-alkyl or cyclic N) is 1. The highest BCUT2D eigenvalue weighted by molar-refractivity contribution is 5.94. The van der Waals surface area contributed by atoms with Crippen molar-refractivity contribution in [1.29, 1.82) is 0 Å². The van der Waals surface area contributed by atoms with E-state index in [9.17, 15) is 23.1 Å². The van der Waals surface area contributed by atoms with E-state index in [1.54, 1.807) is 18.5 Å². The van der Waals surface area contributed by atoms with Crippen LogP contribution >= 0.6 is 0 Å². The molecule has 1 aliphatic rings. The second-order valence-electron chi connectivity index (χ2n) is 5.58. The highest BCUT2D eigenvalue weighted by Crippen LogP contribution is 2.35. The van der Waals surface area contributed by atoms with Gasteiger partial charge in [-0.3, -0.25) is 4.79 Å². The summed E-state index contributed by atoms with van der Waals surface area (Å²) in [6, 6.07) is 5.91. The number of likely N-dealkylation sites (tertiary alicyclic amines) is 1. The number of hydrogen-bond acceptors (Lipinski definition) is 2. The summed E-state index contributed by atoms with van der Waals surface area (Å²) in [5, 5.41) is 9.88. The Hall–Kier alpha value is -2.28. The van der Waals surface area contributed by atoms with E-state index < -0.39 is 23.9 Å². The second kappa shape index (κ2) is 5.73. The van der Waals surface area contributed by atoms with E-state index in [0.29, 0.717) is 17.5 Å². The molecule has 2 aromatic rings. The van der Waals surface area contributed by atoms with Gasteiger partial charge in [0.15, 0.2) is 0 Å². The summed E-state index contributed by atoms with van der Waals surface area (Å²) >= 11 is 0. The number of amides is 1. The Morgan fingerprint density at radius 2 is 1.91 bits per heavy atom. The average molecular weight is 324 g/mol. The molecule has 2 heterocycles. The van der Waals surface area contributed by atoms with Crippen molar-refractivity contribution in [1.82, 2.24) is 9.88 Å². The number of aliphatic hydroxyl groups excluding tert-OH is 1. The van der Waals surface area contributed by atoms with Gasteiger partial charge >= 0.3 is 6.18 Å². The summed E-state index contributed by atoms with van der Waals surface area (Å²) in [5.41, 5.74) is 0.303. The molecule has 0 unspecified atom stereocenters. The van der Waals surface area contributed by atoms with Crippen molar-refractivity contribution in [2.75, 3.05) is 6.54 Å². The molecule has 0 spiro atoms. The van der Waals surface area contributed by atoms with Crippen molar-refractivity contribution in [2.24, 2.45) is 0 Å². The van der Waals surface area contributed by atoms with Crippen LogP contribution in [0.5, 0.6) is 0 Å². The van der Waals surface area contributed by atoms with Gasteiger partial charge < -0.3 is 15.0 Å². The molecule has 2 atom stereocenters. The molecular formula is C16H15F3N2O2. The molecule has 0 aliphatic carbocycles. The van der Waals surface area contributed by atoms with E-state index in [4.69, 9.17) is 0 Å². The van der Waals surface area contributed by atoms with Crippen molar-refractivity contribution in [2.45, 2.75) is 24.7 Å². The summed E-state index contributed by atoms with van der Waals surface area (Å²) < 4.78 is 37.9. The molecule has 1 aromatic heterocycles. The molecule has 0 saturated carbocycles. The van der Waals surface area contributed by atoms with Crippen molar-refractivity contribution < 1.29 is 23.1 Å². The van der Waals surface area contributed by atoms with E-state index >= 15 is 0 Å². The molecule has 1 aromatic carbocycles. The quantitative estimate of drug-likeness (QED) is 0.892. The number of rotatable bonds is 2. The first-order valence-corrected chi connectivity index (χ1v) is 7.15. The van der Waals surface area contributed by atoms with Crippen molar-refractivity contribution >= 4 is 5.91 Å². The van der Waals surface area contributed by atoms with Gasteiger partial charge in [-0.1, -0.05) is 12.1 Å². The van der Waals surface area contributed by atoms with E-state index in [1.807, 2.05) is 0 Å². The monoisotopic (exact) mass is 324 g/mol. The second-order valence-corrected chi connectivity index (χ2v) is 5.58. The SMILES string of the molecule is O=C(c1cc[nH]c1)N1C[C@H](O)C[C@H]1c1ccc(C(F)(F)F)cc1. The van der Waals surface area contributed by atoms with E-state index in [0.717, 1.165) is 12.1 Å². The Balaban J connectivity index is 1.86. The Bertz CT molecular complexity index is 680. The maximum Gasteiger partial charge on any atom is 0.416 e. The normalized spacial score (nSPS) is 21.7. The van der Waals surface area contributed by atoms with Crippen LogP contribution in [0.3, 0.4) is 0 Å². The fraction of sp³-hybridized carbons (Fsp3) is 0.312. The Morgan fingerprint density at radius 1 is 1.22 bits per heavy atom. The fourth-order valence-corrected chi connectivity index (χ4v) is 2.87. The van der Waals surface area contributed by atoms with Crippen LogP contribution in [0.25, 0.3) is 0 Å². The molecule has 1 aliphatic heterocycles. The van der Waals surface area contributed by atoms with Crippen LogP contribution in [-0.2, 0) is 6.18 Å². The number of alkyl halides is 3. The lowest BCUT2D eigenvalue weighted by molar-refractivity contribution is -0.137. The first-order valence-electron chi connectivity index (χ1n) is 7.15. The first-order chi connectivity index (χ1) is 10.9. The van der Waals surface area contributed by atoms with Gasteiger partial charge in [-0.25, -0.2) is 0 Å². The molecule has 0 radical (unpaired) electrons. The average Bonchev–Trinajstić information content (AvgIpc) is 3.15. The van der Waals surface area contributed by atoms with E-state index in [-0.39, 0.29) is 12.5 Å². The molecule has 23 heavy (non-hydrogen) atoms. The smallest absolute Gasteiger partial charge is 0.391 e. The zero-order chi connectivity index (χ0) is 16.6. The highest BCUT2D eigenvalue weighted by Gasteiger charge is 2.36. The lowest BCUT2D eigenvalue weighted by Gasteiger charge is -2.24. The minimum atomic E-state index is -4.39. The van der Waals surface area contributed by atoms with Gasteiger partial charge in [0.05, 0.1) is 23.3 Å². The lowest BCUT2D eigenvalue weighted by Crippen LogP contribution is -2.31. The van der Waals surface area contributed by atoms with Crippen LogP contribution < -0.4 is 0 Å². The van der Waals surface area contributed by atoms with Gasteiger partial charge in [-0.05, 0) is 30.2 Å². The summed E-state index contributed by atoms with van der Waals surface area (Å²) in [6.07, 6.45) is -1.61. The number of carbonyl (C=O) groups is 1. The minimum absolute atomic E-state index is 0.162. The van der Waals surface area contributed by atoms with E-state index in [1.165, 1.54) is 17.0 Å². The third kappa shape index (κ3) is 3.10. The molecule has 122 valence electrons.